The van der Waals surface area contributed by atoms with Crippen molar-refractivity contribution >= 4 is 23.1 Å². The van der Waals surface area contributed by atoms with Crippen LogP contribution in [0.25, 0.3) is 0 Å². The molecule has 90 valence electrons. The first-order valence-electron chi connectivity index (χ1n) is 5.57. The molecule has 5 heteroatoms. The second kappa shape index (κ2) is 5.63. The molecular weight excluding hydrogens is 232 g/mol. The molecule has 0 radical (unpaired) electrons. The first-order valence-corrected chi connectivity index (χ1v) is 6.45. The lowest BCUT2D eigenvalue weighted by Gasteiger charge is -2.13. The molecule has 1 unspecified atom stereocenters. The Morgan fingerprint density at radius 2 is 2.29 bits per heavy atom. The first-order chi connectivity index (χ1) is 8.28. The van der Waals surface area contributed by atoms with Crippen LogP contribution in [0.1, 0.15) is 11.8 Å². The Hall–Kier alpha value is -1.62. The summed E-state index contributed by atoms with van der Waals surface area (Å²) in [6, 6.07) is 6.47. The third kappa shape index (κ3) is 3.42. The van der Waals surface area contributed by atoms with Crippen LogP contribution in [0.4, 0.5) is 11.8 Å². The Bertz CT molecular complexity index is 455. The maximum absolute atomic E-state index is 4.33. The van der Waals surface area contributed by atoms with Gasteiger partial charge in [-0.15, -0.1) is 11.3 Å². The summed E-state index contributed by atoms with van der Waals surface area (Å²) >= 11 is 1.78. The van der Waals surface area contributed by atoms with Crippen LogP contribution >= 0.6 is 11.3 Å². The molecule has 2 aromatic heterocycles. The van der Waals surface area contributed by atoms with Crippen LogP contribution in [0.2, 0.25) is 0 Å². The smallest absolute Gasteiger partial charge is 0.224 e. The van der Waals surface area contributed by atoms with E-state index in [4.69, 9.17) is 0 Å². The van der Waals surface area contributed by atoms with E-state index in [2.05, 4.69) is 45.0 Å². The molecule has 2 rings (SSSR count). The highest BCUT2D eigenvalue weighted by molar-refractivity contribution is 7.09. The molecule has 0 fully saturated rings. The number of nitrogens with one attached hydrogen (secondary N) is 2. The Morgan fingerprint density at radius 1 is 1.41 bits per heavy atom. The van der Waals surface area contributed by atoms with Crippen LogP contribution in [-0.2, 0) is 6.42 Å². The van der Waals surface area contributed by atoms with Crippen LogP contribution in [0.3, 0.4) is 0 Å². The molecular formula is C12H16N4S. The first kappa shape index (κ1) is 11.9. The minimum absolute atomic E-state index is 0.355. The van der Waals surface area contributed by atoms with Gasteiger partial charge in [-0.3, -0.25) is 0 Å². The average Bonchev–Trinajstić information content (AvgIpc) is 2.82. The number of thiophene rings is 1. The molecule has 2 heterocycles. The van der Waals surface area contributed by atoms with E-state index >= 15 is 0 Å². The van der Waals surface area contributed by atoms with Crippen LogP contribution in [0, 0.1) is 0 Å². The van der Waals surface area contributed by atoms with Crippen molar-refractivity contribution in [1.29, 1.82) is 0 Å². The van der Waals surface area contributed by atoms with Gasteiger partial charge < -0.3 is 10.6 Å². The SMILES string of the molecule is CNc1nccc(NC(C)Cc2cccs2)n1. The van der Waals surface area contributed by atoms with E-state index in [0.717, 1.165) is 12.2 Å². The van der Waals surface area contributed by atoms with Gasteiger partial charge in [0.1, 0.15) is 5.82 Å². The molecule has 0 saturated heterocycles. The van der Waals surface area contributed by atoms with E-state index < -0.39 is 0 Å². The topological polar surface area (TPSA) is 49.8 Å². The fourth-order valence-electron chi connectivity index (χ4n) is 1.59. The summed E-state index contributed by atoms with van der Waals surface area (Å²) in [6.07, 6.45) is 2.76. The Morgan fingerprint density at radius 3 is 3.00 bits per heavy atom. The van der Waals surface area contributed by atoms with Crippen molar-refractivity contribution < 1.29 is 0 Å². The minimum Gasteiger partial charge on any atom is -0.367 e. The predicted molar refractivity (Wildman–Crippen MR) is 72.7 cm³/mol. The van der Waals surface area contributed by atoms with E-state index in [-0.39, 0.29) is 0 Å². The normalized spacial score (nSPS) is 12.1. The van der Waals surface area contributed by atoms with E-state index in [9.17, 15) is 0 Å². The molecule has 1 atom stereocenters. The summed E-state index contributed by atoms with van der Waals surface area (Å²) in [6.45, 7) is 2.15. The monoisotopic (exact) mass is 248 g/mol. The summed E-state index contributed by atoms with van der Waals surface area (Å²) in [4.78, 5) is 9.79. The number of aromatic nitrogens is 2. The molecule has 0 spiro atoms. The van der Waals surface area contributed by atoms with Gasteiger partial charge in [-0.25, -0.2) is 4.98 Å². The highest BCUT2D eigenvalue weighted by Gasteiger charge is 2.05. The number of nitrogens with zero attached hydrogens (tertiary/aromatic N) is 2. The highest BCUT2D eigenvalue weighted by atomic mass is 32.1. The zero-order chi connectivity index (χ0) is 12.1. The van der Waals surface area contributed by atoms with Crippen molar-refractivity contribution in [2.45, 2.75) is 19.4 Å². The number of hydrogen-bond donors (Lipinski definition) is 2. The fraction of sp³-hybridized carbons (Fsp3) is 0.333. The molecule has 4 nitrogen and oxygen atoms in total. The summed E-state index contributed by atoms with van der Waals surface area (Å²) in [7, 11) is 1.81. The lowest BCUT2D eigenvalue weighted by Crippen LogP contribution is -2.18. The number of rotatable bonds is 5. The third-order valence-electron chi connectivity index (χ3n) is 2.36. The fourth-order valence-corrected chi connectivity index (χ4v) is 2.43. The summed E-state index contributed by atoms with van der Waals surface area (Å²) in [5.74, 6) is 1.49. The highest BCUT2D eigenvalue weighted by Crippen LogP contribution is 2.14. The van der Waals surface area contributed by atoms with Crippen LogP contribution in [-0.4, -0.2) is 23.1 Å². The van der Waals surface area contributed by atoms with Crippen molar-refractivity contribution in [3.63, 3.8) is 0 Å². The van der Waals surface area contributed by atoms with E-state index in [1.165, 1.54) is 4.88 Å². The predicted octanol–water partition coefficient (Wildman–Crippen LogP) is 2.62. The lowest BCUT2D eigenvalue weighted by atomic mass is 10.2. The molecule has 0 aromatic carbocycles. The molecule has 0 bridgehead atoms. The van der Waals surface area contributed by atoms with E-state index in [0.29, 0.717) is 12.0 Å². The van der Waals surface area contributed by atoms with Crippen LogP contribution in [0.15, 0.2) is 29.8 Å². The van der Waals surface area contributed by atoms with Crippen molar-refractivity contribution in [1.82, 2.24) is 9.97 Å². The maximum atomic E-state index is 4.33. The molecule has 17 heavy (non-hydrogen) atoms. The largest absolute Gasteiger partial charge is 0.367 e. The van der Waals surface area contributed by atoms with Gasteiger partial charge in [-0.2, -0.15) is 4.98 Å². The van der Waals surface area contributed by atoms with Gasteiger partial charge in [-0.05, 0) is 24.4 Å². The minimum atomic E-state index is 0.355. The standard InChI is InChI=1S/C12H16N4S/c1-9(8-10-4-3-7-17-10)15-11-5-6-14-12(13-2)16-11/h3-7,9H,8H2,1-2H3,(H2,13,14,15,16). The van der Waals surface area contributed by atoms with Gasteiger partial charge in [0, 0.05) is 30.6 Å². The van der Waals surface area contributed by atoms with Gasteiger partial charge in [-0.1, -0.05) is 6.07 Å². The van der Waals surface area contributed by atoms with Crippen molar-refractivity contribution in [3.05, 3.63) is 34.7 Å². The van der Waals surface area contributed by atoms with Crippen molar-refractivity contribution in [3.8, 4) is 0 Å². The number of hydrogen-bond acceptors (Lipinski definition) is 5. The Kier molecular flexibility index (Phi) is 3.93. The van der Waals surface area contributed by atoms with Crippen LogP contribution < -0.4 is 10.6 Å². The summed E-state index contributed by atoms with van der Waals surface area (Å²) < 4.78 is 0. The number of anilines is 2. The quantitative estimate of drug-likeness (QED) is 0.854. The molecule has 2 aromatic rings. The summed E-state index contributed by atoms with van der Waals surface area (Å²) in [5, 5.41) is 8.40. The van der Waals surface area contributed by atoms with Gasteiger partial charge in [0.2, 0.25) is 5.95 Å². The van der Waals surface area contributed by atoms with Crippen molar-refractivity contribution in [2.24, 2.45) is 0 Å². The molecule has 0 saturated carbocycles. The molecule has 2 N–H and O–H groups in total. The van der Waals surface area contributed by atoms with Crippen LogP contribution in [0.5, 0.6) is 0 Å². The Labute approximate surface area is 105 Å². The average molecular weight is 248 g/mol. The second-order valence-electron chi connectivity index (χ2n) is 3.84. The maximum Gasteiger partial charge on any atom is 0.224 e. The molecule has 0 aliphatic rings. The van der Waals surface area contributed by atoms with Gasteiger partial charge in [0.05, 0.1) is 0 Å². The Balaban J connectivity index is 1.95. The third-order valence-corrected chi connectivity index (χ3v) is 3.26. The summed E-state index contributed by atoms with van der Waals surface area (Å²) in [5.41, 5.74) is 0. The molecule has 0 aliphatic heterocycles. The zero-order valence-electron chi connectivity index (χ0n) is 9.97. The zero-order valence-corrected chi connectivity index (χ0v) is 10.8. The molecule has 0 aliphatic carbocycles. The lowest BCUT2D eigenvalue weighted by molar-refractivity contribution is 0.793. The van der Waals surface area contributed by atoms with E-state index in [1.54, 1.807) is 17.5 Å². The van der Waals surface area contributed by atoms with Crippen molar-refractivity contribution in [2.75, 3.05) is 17.7 Å². The molecule has 0 amide bonds. The second-order valence-corrected chi connectivity index (χ2v) is 4.88. The van der Waals surface area contributed by atoms with E-state index in [1.807, 2.05) is 13.1 Å². The van der Waals surface area contributed by atoms with Gasteiger partial charge in [0.25, 0.3) is 0 Å². The van der Waals surface area contributed by atoms with Gasteiger partial charge >= 0.3 is 0 Å². The van der Waals surface area contributed by atoms with Gasteiger partial charge in [0.15, 0.2) is 0 Å².